The van der Waals surface area contributed by atoms with E-state index in [1.807, 2.05) is 0 Å². The van der Waals surface area contributed by atoms with Gasteiger partial charge in [-0.3, -0.25) is 0 Å². The van der Waals surface area contributed by atoms with E-state index in [1.54, 1.807) is 0 Å². The van der Waals surface area contributed by atoms with Gasteiger partial charge in [0.2, 0.25) is 0 Å². The summed E-state index contributed by atoms with van der Waals surface area (Å²) in [5.74, 6) is -4.37. The fourth-order valence-corrected chi connectivity index (χ4v) is 0. The molecule has 0 aliphatic carbocycles. The minimum Gasteiger partial charge on any atom is -0.543 e. The van der Waals surface area contributed by atoms with Crippen LogP contribution in [-0.4, -0.2) is 17.4 Å². The van der Waals surface area contributed by atoms with Crippen molar-refractivity contribution in [3.05, 3.63) is 0 Å². The summed E-state index contributed by atoms with van der Waals surface area (Å²) in [5.41, 5.74) is 0. The van der Waals surface area contributed by atoms with E-state index in [0.29, 0.717) is 0 Å². The molecule has 1 radical (unpaired) electrons. The van der Waals surface area contributed by atoms with Crippen LogP contribution in [0.15, 0.2) is 0 Å². The molecule has 0 saturated heterocycles. The second kappa shape index (κ2) is 6.42. The maximum Gasteiger partial charge on any atom is 2.00 e. The second-order valence-corrected chi connectivity index (χ2v) is 0.575. The summed E-state index contributed by atoms with van der Waals surface area (Å²) in [5, 5.41) is 17.9. The third-order valence-corrected chi connectivity index (χ3v) is 0.167. The number of hydrogen-bond acceptors (Lipinski definition) is 4. The van der Waals surface area contributed by atoms with Gasteiger partial charge in [0, 0.05) is 0 Å². The molecule has 0 spiro atoms. The maximum atomic E-state index is 8.93. The van der Waals surface area contributed by atoms with Crippen LogP contribution in [0, 0.1) is 0 Å². The van der Waals surface area contributed by atoms with Gasteiger partial charge in [-0.05, 0) is 0 Å². The van der Waals surface area contributed by atoms with Gasteiger partial charge in [0.05, 0.1) is 11.9 Å². The Morgan fingerprint density at radius 3 is 1.12 bits per heavy atom. The summed E-state index contributed by atoms with van der Waals surface area (Å²) in [4.78, 5) is 17.9. The Hall–Kier alpha value is -0.581. The molecule has 2 N–H and O–H groups in total. The van der Waals surface area contributed by atoms with Gasteiger partial charge >= 0.3 is 17.1 Å². The van der Waals surface area contributed by atoms with E-state index >= 15 is 0 Å². The molecule has 0 rings (SSSR count). The van der Waals surface area contributed by atoms with E-state index < -0.39 is 11.9 Å². The molecule has 0 unspecified atom stereocenters. The van der Waals surface area contributed by atoms with Gasteiger partial charge < -0.3 is 25.3 Å². The third-order valence-electron chi connectivity index (χ3n) is 0.167. The van der Waals surface area contributed by atoms with Crippen LogP contribution >= 0.6 is 0 Å². The van der Waals surface area contributed by atoms with Crippen molar-refractivity contribution in [2.24, 2.45) is 0 Å². The largest absolute Gasteiger partial charge is 2.00 e. The Kier molecular flexibility index (Phi) is 12.6. The molecule has 0 fully saturated rings. The maximum absolute atomic E-state index is 8.93. The van der Waals surface area contributed by atoms with Crippen molar-refractivity contribution in [1.29, 1.82) is 0 Å². The minimum absolute atomic E-state index is 0. The summed E-state index contributed by atoms with van der Waals surface area (Å²) >= 11 is 0. The van der Waals surface area contributed by atoms with Gasteiger partial charge in [-0.2, -0.15) is 0 Å². The predicted molar refractivity (Wildman–Crippen MR) is 13.6 cm³/mol. The summed E-state index contributed by atoms with van der Waals surface area (Å²) in [6.07, 6.45) is 0. The molecule has 51 valence electrons. The molecule has 0 aromatic carbocycles. The average Bonchev–Trinajstić information content (AvgIpc) is 1.36. The van der Waals surface area contributed by atoms with Crippen molar-refractivity contribution in [2.75, 3.05) is 0 Å². The fourth-order valence-electron chi connectivity index (χ4n) is 0. The molecule has 0 aliphatic rings. The van der Waals surface area contributed by atoms with Crippen LogP contribution in [0.25, 0.3) is 0 Å². The molecule has 0 saturated carbocycles. The van der Waals surface area contributed by atoms with Gasteiger partial charge in [0.15, 0.2) is 0 Å². The van der Waals surface area contributed by atoms with Crippen LogP contribution in [0.5, 0.6) is 0 Å². The van der Waals surface area contributed by atoms with Crippen LogP contribution in [-0.2, 0) is 26.7 Å². The Labute approximate surface area is 55.1 Å². The summed E-state index contributed by atoms with van der Waals surface area (Å²) in [7, 11) is 0. The van der Waals surface area contributed by atoms with Crippen LogP contribution < -0.4 is 10.2 Å². The first-order valence-electron chi connectivity index (χ1n) is 1.07. The number of carbonyl (C=O) groups is 2. The molecular weight excluding hydrogens is 168 g/mol. The van der Waals surface area contributed by atoms with Crippen molar-refractivity contribution in [3.8, 4) is 0 Å². The van der Waals surface area contributed by atoms with Gasteiger partial charge in [0.1, 0.15) is 0 Å². The van der Waals surface area contributed by atoms with Gasteiger partial charge in [-0.15, -0.1) is 0 Å². The third kappa shape index (κ3) is 9.05. The molecule has 6 heteroatoms. The first-order valence-corrected chi connectivity index (χ1v) is 1.07. The Morgan fingerprint density at radius 1 is 1.00 bits per heavy atom. The molecule has 0 aromatic heterocycles. The number of hydrogen-bond donors (Lipinski definition) is 0. The smallest absolute Gasteiger partial charge is 0.543 e. The van der Waals surface area contributed by atoms with Crippen molar-refractivity contribution in [2.45, 2.75) is 0 Å². The molecule has 0 amide bonds. The monoisotopic (exact) mass is 169 g/mol. The van der Waals surface area contributed by atoms with Gasteiger partial charge in [-0.1, -0.05) is 0 Å². The molecule has 0 atom stereocenters. The zero-order valence-electron chi connectivity index (χ0n) is 3.43. The SMILES string of the molecule is O.O=C([O-])C(=O)[O-].[Cu+2]. The van der Waals surface area contributed by atoms with E-state index in [4.69, 9.17) is 19.8 Å². The number of carboxylic acid groups (broad SMARTS) is 2. The Bertz CT molecular complexity index is 76.4. The summed E-state index contributed by atoms with van der Waals surface area (Å²) in [6, 6.07) is 0. The summed E-state index contributed by atoms with van der Waals surface area (Å²) in [6.45, 7) is 0. The molecule has 5 nitrogen and oxygen atoms in total. The first kappa shape index (κ1) is 15.7. The first-order chi connectivity index (χ1) is 2.64. The van der Waals surface area contributed by atoms with Crippen LogP contribution in [0.3, 0.4) is 0 Å². The predicted octanol–water partition coefficient (Wildman–Crippen LogP) is -4.34. The Morgan fingerprint density at radius 2 is 1.12 bits per heavy atom. The van der Waals surface area contributed by atoms with Crippen LogP contribution in [0.2, 0.25) is 0 Å². The second-order valence-electron chi connectivity index (χ2n) is 0.575. The molecule has 0 bridgehead atoms. The van der Waals surface area contributed by atoms with E-state index in [0.717, 1.165) is 0 Å². The molecule has 0 aliphatic heterocycles. The number of carbonyl (C=O) groups excluding carboxylic acids is 2. The molecular formula is C2H2CuO5. The number of rotatable bonds is 0. The van der Waals surface area contributed by atoms with Crippen LogP contribution in [0.1, 0.15) is 0 Å². The van der Waals surface area contributed by atoms with Gasteiger partial charge in [-0.25, -0.2) is 0 Å². The number of carboxylic acids is 2. The average molecular weight is 170 g/mol. The zero-order valence-corrected chi connectivity index (χ0v) is 4.38. The molecule has 0 heterocycles. The number of aliphatic carboxylic acids is 2. The van der Waals surface area contributed by atoms with E-state index in [1.165, 1.54) is 0 Å². The molecule has 8 heavy (non-hydrogen) atoms. The standard InChI is InChI=1S/C2H2O4.Cu.H2O/c3-1(4)2(5)6;;/h(H,3,4)(H,5,6);;1H2/q;+2;/p-2. The topological polar surface area (TPSA) is 112 Å². The Balaban J connectivity index is -0.000000125. The van der Waals surface area contributed by atoms with Crippen molar-refractivity contribution >= 4 is 11.9 Å². The molecule has 0 aromatic rings. The normalized spacial score (nSPS) is 5.50. The van der Waals surface area contributed by atoms with E-state index in [9.17, 15) is 0 Å². The van der Waals surface area contributed by atoms with Crippen molar-refractivity contribution < 1.29 is 42.3 Å². The fraction of sp³-hybridized carbons (Fsp3) is 0. The van der Waals surface area contributed by atoms with Crippen molar-refractivity contribution in [1.82, 2.24) is 0 Å². The van der Waals surface area contributed by atoms with Crippen molar-refractivity contribution in [3.63, 3.8) is 0 Å². The van der Waals surface area contributed by atoms with E-state index in [-0.39, 0.29) is 22.5 Å². The quantitative estimate of drug-likeness (QED) is 0.270. The van der Waals surface area contributed by atoms with E-state index in [2.05, 4.69) is 0 Å². The summed E-state index contributed by atoms with van der Waals surface area (Å²) < 4.78 is 0. The zero-order chi connectivity index (χ0) is 5.15. The minimum atomic E-state index is -2.19. The van der Waals surface area contributed by atoms with Crippen LogP contribution in [0.4, 0.5) is 0 Å². The van der Waals surface area contributed by atoms with Gasteiger partial charge in [0.25, 0.3) is 0 Å².